The van der Waals surface area contributed by atoms with E-state index >= 15 is 0 Å². The van der Waals surface area contributed by atoms with E-state index in [1.165, 1.54) is 6.07 Å². The van der Waals surface area contributed by atoms with Crippen LogP contribution in [0.5, 0.6) is 0 Å². The van der Waals surface area contributed by atoms with E-state index in [9.17, 15) is 13.2 Å². The van der Waals surface area contributed by atoms with Crippen molar-refractivity contribution in [2.75, 3.05) is 5.32 Å². The van der Waals surface area contributed by atoms with E-state index in [1.54, 1.807) is 6.08 Å². The smallest absolute Gasteiger partial charge is 0.376 e. The highest BCUT2D eigenvalue weighted by molar-refractivity contribution is 5.72. The van der Waals surface area contributed by atoms with Crippen LogP contribution in [0, 0.1) is 0 Å². The maximum absolute atomic E-state index is 12.5. The summed E-state index contributed by atoms with van der Waals surface area (Å²) in [5.74, 6) is 0. The summed E-state index contributed by atoms with van der Waals surface area (Å²) in [5, 5.41) is 3.16. The second-order valence-electron chi connectivity index (χ2n) is 4.48. The van der Waals surface area contributed by atoms with Gasteiger partial charge in [0, 0.05) is 5.69 Å². The standard InChI is InChI=1S/C12H12F3N/c1-11(2)6-5-8-7-9(12(13,14)15)3-4-10(8)16-11/h3-7,16H,1-2H3. The summed E-state index contributed by atoms with van der Waals surface area (Å²) in [6.45, 7) is 3.92. The number of halogens is 3. The van der Waals surface area contributed by atoms with Crippen LogP contribution in [0.15, 0.2) is 24.3 Å². The van der Waals surface area contributed by atoms with E-state index in [0.29, 0.717) is 5.56 Å². The highest BCUT2D eigenvalue weighted by Gasteiger charge is 2.31. The van der Waals surface area contributed by atoms with Crippen molar-refractivity contribution >= 4 is 11.8 Å². The molecule has 0 saturated carbocycles. The van der Waals surface area contributed by atoms with Crippen molar-refractivity contribution in [3.05, 3.63) is 35.4 Å². The zero-order chi connectivity index (χ0) is 12.0. The van der Waals surface area contributed by atoms with Crippen LogP contribution >= 0.6 is 0 Å². The SMILES string of the molecule is CC1(C)C=Cc2cc(C(F)(F)F)ccc2N1. The predicted octanol–water partition coefficient (Wildman–Crippen LogP) is 3.92. The molecule has 1 aliphatic heterocycles. The van der Waals surface area contributed by atoms with Gasteiger partial charge in [-0.25, -0.2) is 0 Å². The Balaban J connectivity index is 2.43. The highest BCUT2D eigenvalue weighted by Crippen LogP contribution is 2.35. The van der Waals surface area contributed by atoms with E-state index in [4.69, 9.17) is 0 Å². The van der Waals surface area contributed by atoms with Gasteiger partial charge in [0.25, 0.3) is 0 Å². The number of anilines is 1. The quantitative estimate of drug-likeness (QED) is 0.708. The van der Waals surface area contributed by atoms with Crippen molar-refractivity contribution < 1.29 is 13.2 Å². The fraction of sp³-hybridized carbons (Fsp3) is 0.333. The van der Waals surface area contributed by atoms with Crippen LogP contribution in [0.3, 0.4) is 0 Å². The van der Waals surface area contributed by atoms with Gasteiger partial charge in [0.05, 0.1) is 11.1 Å². The maximum atomic E-state index is 12.5. The van der Waals surface area contributed by atoms with Crippen LogP contribution < -0.4 is 5.32 Å². The van der Waals surface area contributed by atoms with Gasteiger partial charge in [0.2, 0.25) is 0 Å². The molecule has 1 nitrogen and oxygen atoms in total. The molecule has 16 heavy (non-hydrogen) atoms. The molecule has 0 aromatic heterocycles. The van der Waals surface area contributed by atoms with Gasteiger partial charge >= 0.3 is 6.18 Å². The second-order valence-corrected chi connectivity index (χ2v) is 4.48. The van der Waals surface area contributed by atoms with Crippen molar-refractivity contribution in [3.8, 4) is 0 Å². The molecule has 0 radical (unpaired) electrons. The second kappa shape index (κ2) is 3.27. The van der Waals surface area contributed by atoms with E-state index in [2.05, 4.69) is 5.32 Å². The van der Waals surface area contributed by atoms with Crippen molar-refractivity contribution in [1.82, 2.24) is 0 Å². The molecule has 0 bridgehead atoms. The monoisotopic (exact) mass is 227 g/mol. The summed E-state index contributed by atoms with van der Waals surface area (Å²) in [5.41, 5.74) is 0.485. The van der Waals surface area contributed by atoms with Crippen molar-refractivity contribution in [2.24, 2.45) is 0 Å². The molecule has 0 unspecified atom stereocenters. The van der Waals surface area contributed by atoms with Crippen LogP contribution in [-0.2, 0) is 6.18 Å². The fourth-order valence-corrected chi connectivity index (χ4v) is 1.68. The summed E-state index contributed by atoms with van der Waals surface area (Å²) in [4.78, 5) is 0. The number of fused-ring (bicyclic) bond motifs is 1. The number of rotatable bonds is 0. The van der Waals surface area contributed by atoms with Gasteiger partial charge in [-0.15, -0.1) is 0 Å². The molecule has 0 atom stereocenters. The Morgan fingerprint density at radius 3 is 2.50 bits per heavy atom. The lowest BCUT2D eigenvalue weighted by atomic mass is 9.96. The lowest BCUT2D eigenvalue weighted by molar-refractivity contribution is -0.137. The van der Waals surface area contributed by atoms with Crippen LogP contribution in [0.2, 0.25) is 0 Å². The molecule has 0 amide bonds. The lowest BCUT2D eigenvalue weighted by Gasteiger charge is -2.29. The van der Waals surface area contributed by atoms with Gasteiger partial charge in [-0.1, -0.05) is 12.2 Å². The van der Waals surface area contributed by atoms with Crippen molar-refractivity contribution in [3.63, 3.8) is 0 Å². The van der Waals surface area contributed by atoms with Gasteiger partial charge in [-0.2, -0.15) is 13.2 Å². The van der Waals surface area contributed by atoms with E-state index in [1.807, 2.05) is 19.9 Å². The molecule has 0 fully saturated rings. The fourth-order valence-electron chi connectivity index (χ4n) is 1.68. The molecule has 1 aliphatic rings. The van der Waals surface area contributed by atoms with Crippen molar-refractivity contribution in [2.45, 2.75) is 25.6 Å². The van der Waals surface area contributed by atoms with E-state index < -0.39 is 11.7 Å². The molecular formula is C12H12F3N. The average Bonchev–Trinajstić information content (AvgIpc) is 2.14. The van der Waals surface area contributed by atoms with Gasteiger partial charge in [0.1, 0.15) is 0 Å². The Kier molecular flexibility index (Phi) is 2.26. The molecular weight excluding hydrogens is 215 g/mol. The number of hydrogen-bond donors (Lipinski definition) is 1. The van der Waals surface area contributed by atoms with E-state index in [0.717, 1.165) is 17.8 Å². The Bertz CT molecular complexity index is 444. The third kappa shape index (κ3) is 2.05. The Hall–Kier alpha value is -1.45. The van der Waals surface area contributed by atoms with Crippen molar-refractivity contribution in [1.29, 1.82) is 0 Å². The van der Waals surface area contributed by atoms with E-state index in [-0.39, 0.29) is 5.54 Å². The molecule has 4 heteroatoms. The predicted molar refractivity (Wildman–Crippen MR) is 58.2 cm³/mol. The number of nitrogens with one attached hydrogen (secondary N) is 1. The normalized spacial score (nSPS) is 17.8. The molecule has 0 spiro atoms. The Morgan fingerprint density at radius 1 is 1.19 bits per heavy atom. The van der Waals surface area contributed by atoms with Crippen LogP contribution in [-0.4, -0.2) is 5.54 Å². The first-order valence-corrected chi connectivity index (χ1v) is 4.97. The first-order chi connectivity index (χ1) is 7.28. The number of benzene rings is 1. The third-order valence-electron chi connectivity index (χ3n) is 2.52. The summed E-state index contributed by atoms with van der Waals surface area (Å²) >= 11 is 0. The summed E-state index contributed by atoms with van der Waals surface area (Å²) in [6.07, 6.45) is -0.702. The zero-order valence-electron chi connectivity index (χ0n) is 9.02. The first-order valence-electron chi connectivity index (χ1n) is 4.97. The summed E-state index contributed by atoms with van der Waals surface area (Å²) in [7, 11) is 0. The molecule has 1 aromatic carbocycles. The van der Waals surface area contributed by atoms with Crippen LogP contribution in [0.1, 0.15) is 25.0 Å². The minimum absolute atomic E-state index is 0.216. The molecule has 1 aromatic rings. The topological polar surface area (TPSA) is 12.0 Å². The first kappa shape index (κ1) is 11.0. The molecule has 0 aliphatic carbocycles. The van der Waals surface area contributed by atoms with Gasteiger partial charge in [-0.05, 0) is 37.6 Å². The number of hydrogen-bond acceptors (Lipinski definition) is 1. The van der Waals surface area contributed by atoms with Gasteiger partial charge in [-0.3, -0.25) is 0 Å². The van der Waals surface area contributed by atoms with Crippen LogP contribution in [0.25, 0.3) is 6.08 Å². The van der Waals surface area contributed by atoms with Gasteiger partial charge < -0.3 is 5.32 Å². The zero-order valence-corrected chi connectivity index (χ0v) is 9.02. The Morgan fingerprint density at radius 2 is 1.88 bits per heavy atom. The largest absolute Gasteiger partial charge is 0.416 e. The number of alkyl halides is 3. The maximum Gasteiger partial charge on any atom is 0.416 e. The highest BCUT2D eigenvalue weighted by atomic mass is 19.4. The lowest BCUT2D eigenvalue weighted by Crippen LogP contribution is -2.30. The van der Waals surface area contributed by atoms with Gasteiger partial charge in [0.15, 0.2) is 0 Å². The Labute approximate surface area is 92.0 Å². The molecule has 1 N–H and O–H groups in total. The molecule has 0 saturated heterocycles. The molecule has 86 valence electrons. The third-order valence-corrected chi connectivity index (χ3v) is 2.52. The minimum atomic E-state index is -4.28. The average molecular weight is 227 g/mol. The molecule has 1 heterocycles. The summed E-state index contributed by atoms with van der Waals surface area (Å²) in [6, 6.07) is 3.73. The molecule has 2 rings (SSSR count). The van der Waals surface area contributed by atoms with Crippen LogP contribution in [0.4, 0.5) is 18.9 Å². The minimum Gasteiger partial charge on any atom is -0.376 e. The summed E-state index contributed by atoms with van der Waals surface area (Å²) < 4.78 is 37.4.